The van der Waals surface area contributed by atoms with Gasteiger partial charge in [0.2, 0.25) is 5.95 Å². The van der Waals surface area contributed by atoms with Gasteiger partial charge in [-0.05, 0) is 48.7 Å². The lowest BCUT2D eigenvalue weighted by Gasteiger charge is -2.29. The van der Waals surface area contributed by atoms with Gasteiger partial charge in [0.05, 0.1) is 40.6 Å². The van der Waals surface area contributed by atoms with Crippen LogP contribution in [0.1, 0.15) is 44.7 Å². The second-order valence-corrected chi connectivity index (χ2v) is 8.65. The van der Waals surface area contributed by atoms with Gasteiger partial charge in [-0.3, -0.25) is 9.59 Å². The van der Waals surface area contributed by atoms with Gasteiger partial charge in [0.15, 0.2) is 0 Å². The lowest BCUT2D eigenvalue weighted by molar-refractivity contribution is -0.137. The molecule has 1 aliphatic heterocycles. The Hall–Kier alpha value is -4.40. The predicted octanol–water partition coefficient (Wildman–Crippen LogP) is 3.57. The first-order valence-electron chi connectivity index (χ1n) is 11.7. The van der Waals surface area contributed by atoms with Crippen LogP contribution >= 0.6 is 0 Å². The molecule has 4 rings (SSSR count). The normalized spacial score (nSPS) is 13.0. The summed E-state index contributed by atoms with van der Waals surface area (Å²) in [5.41, 5.74) is 0.150. The van der Waals surface area contributed by atoms with Crippen LogP contribution < -0.4 is 15.7 Å². The average molecular weight is 529 g/mol. The number of aromatic nitrogens is 2. The van der Waals surface area contributed by atoms with Gasteiger partial charge in [0.25, 0.3) is 11.5 Å². The molecule has 0 saturated carbocycles. The molecule has 2 aromatic carbocycles. The van der Waals surface area contributed by atoms with Crippen molar-refractivity contribution in [3.63, 3.8) is 0 Å². The molecule has 12 heteroatoms. The lowest BCUT2D eigenvalue weighted by Crippen LogP contribution is -2.42. The van der Waals surface area contributed by atoms with Crippen molar-refractivity contribution in [3.8, 4) is 6.07 Å². The van der Waals surface area contributed by atoms with Crippen molar-refractivity contribution in [1.29, 1.82) is 5.26 Å². The van der Waals surface area contributed by atoms with Gasteiger partial charge in [-0.2, -0.15) is 18.4 Å². The van der Waals surface area contributed by atoms with Crippen LogP contribution in [0.15, 0.2) is 47.3 Å². The summed E-state index contributed by atoms with van der Waals surface area (Å²) in [6, 6.07) is 10.3. The smallest absolute Gasteiger partial charge is 0.411 e. The number of hydrogen-bond donors (Lipinski definition) is 1. The molecule has 0 saturated heterocycles. The molecule has 0 atom stereocenters. The van der Waals surface area contributed by atoms with E-state index in [2.05, 4.69) is 10.3 Å². The van der Waals surface area contributed by atoms with Crippen LogP contribution in [0.2, 0.25) is 0 Å². The SMILES string of the molecule is COn1c(NCCCc2ccc(C(F)(F)F)cc2)nc2c(c1=O)CN(C(=O)c1ccc(C#N)cc1F)CC2. The molecule has 1 amide bonds. The fraction of sp³-hybridized carbons (Fsp3) is 0.308. The number of carbonyl (C=O) groups is 1. The van der Waals surface area contributed by atoms with E-state index in [-0.39, 0.29) is 42.1 Å². The zero-order valence-corrected chi connectivity index (χ0v) is 20.3. The number of anilines is 1. The van der Waals surface area contributed by atoms with E-state index in [0.717, 1.165) is 28.5 Å². The van der Waals surface area contributed by atoms with Crippen LogP contribution in [0.5, 0.6) is 0 Å². The number of nitrogens with zero attached hydrogens (tertiary/aromatic N) is 4. The molecule has 0 spiro atoms. The standard InChI is InChI=1S/C26H23F4N5O3/c1-38-35-24(37)20-15-34(23(36)19-9-6-17(14-31)13-21(19)27)12-10-22(20)33-25(35)32-11-2-3-16-4-7-18(8-5-16)26(28,29)30/h4-9,13H,2-3,10-12,15H2,1H3,(H,32,33). The zero-order chi connectivity index (χ0) is 27.4. The molecule has 8 nitrogen and oxygen atoms in total. The third-order valence-corrected chi connectivity index (χ3v) is 6.20. The molecule has 38 heavy (non-hydrogen) atoms. The quantitative estimate of drug-likeness (QED) is 0.371. The Kier molecular flexibility index (Phi) is 7.66. The summed E-state index contributed by atoms with van der Waals surface area (Å²) in [5.74, 6) is -1.25. The molecule has 0 radical (unpaired) electrons. The van der Waals surface area contributed by atoms with Crippen LogP contribution in [-0.4, -0.2) is 40.7 Å². The van der Waals surface area contributed by atoms with Crippen LogP contribution in [0.4, 0.5) is 23.5 Å². The first-order valence-corrected chi connectivity index (χ1v) is 11.7. The van der Waals surface area contributed by atoms with Gasteiger partial charge in [-0.25, -0.2) is 9.37 Å². The summed E-state index contributed by atoms with van der Waals surface area (Å²) in [5, 5.41) is 11.9. The van der Waals surface area contributed by atoms with Crippen LogP contribution in [0, 0.1) is 17.1 Å². The highest BCUT2D eigenvalue weighted by atomic mass is 19.4. The number of aryl methyl sites for hydroxylation is 1. The molecule has 1 aliphatic rings. The molecule has 3 aromatic rings. The number of carbonyl (C=O) groups excluding carboxylic acids is 1. The van der Waals surface area contributed by atoms with E-state index in [1.165, 1.54) is 36.3 Å². The number of nitrogens with one attached hydrogen (secondary N) is 1. The minimum atomic E-state index is -4.38. The van der Waals surface area contributed by atoms with E-state index in [0.29, 0.717) is 25.1 Å². The number of benzene rings is 2. The molecule has 1 N–H and O–H groups in total. The second kappa shape index (κ2) is 10.9. The molecule has 198 valence electrons. The minimum absolute atomic E-state index is 0.0863. The highest BCUT2D eigenvalue weighted by Gasteiger charge is 2.30. The molecule has 0 bridgehead atoms. The number of nitriles is 1. The Labute approximate surface area is 215 Å². The second-order valence-electron chi connectivity index (χ2n) is 8.65. The maximum atomic E-state index is 14.4. The molecule has 0 unspecified atom stereocenters. The van der Waals surface area contributed by atoms with Gasteiger partial charge in [-0.1, -0.05) is 12.1 Å². The molecule has 0 fully saturated rings. The van der Waals surface area contributed by atoms with E-state index < -0.39 is 29.0 Å². The van der Waals surface area contributed by atoms with E-state index in [1.54, 1.807) is 0 Å². The van der Waals surface area contributed by atoms with Crippen molar-refractivity contribution in [2.24, 2.45) is 0 Å². The first-order chi connectivity index (χ1) is 18.1. The van der Waals surface area contributed by atoms with Crippen LogP contribution in [0.3, 0.4) is 0 Å². The van der Waals surface area contributed by atoms with Crippen molar-refractivity contribution in [2.45, 2.75) is 32.0 Å². The number of amides is 1. The number of alkyl halides is 3. The number of halogens is 4. The van der Waals surface area contributed by atoms with Crippen molar-refractivity contribution < 1.29 is 27.2 Å². The lowest BCUT2D eigenvalue weighted by atomic mass is 10.0. The van der Waals surface area contributed by atoms with Gasteiger partial charge in [0, 0.05) is 19.5 Å². The van der Waals surface area contributed by atoms with E-state index >= 15 is 0 Å². The average Bonchev–Trinajstić information content (AvgIpc) is 2.90. The summed E-state index contributed by atoms with van der Waals surface area (Å²) >= 11 is 0. The fourth-order valence-corrected chi connectivity index (χ4v) is 4.19. The third kappa shape index (κ3) is 5.61. The molecule has 0 aliphatic carbocycles. The van der Waals surface area contributed by atoms with Crippen LogP contribution in [-0.2, 0) is 25.6 Å². The summed E-state index contributed by atoms with van der Waals surface area (Å²) < 4.78 is 53.5. The highest BCUT2D eigenvalue weighted by molar-refractivity contribution is 5.94. The maximum absolute atomic E-state index is 14.4. The van der Waals surface area contributed by atoms with E-state index in [4.69, 9.17) is 10.1 Å². The zero-order valence-electron chi connectivity index (χ0n) is 20.3. The summed E-state index contributed by atoms with van der Waals surface area (Å²) in [6.07, 6.45) is -3.05. The summed E-state index contributed by atoms with van der Waals surface area (Å²) in [4.78, 5) is 37.0. The third-order valence-electron chi connectivity index (χ3n) is 6.20. The van der Waals surface area contributed by atoms with Crippen molar-refractivity contribution >= 4 is 11.9 Å². The van der Waals surface area contributed by atoms with Gasteiger partial charge >= 0.3 is 6.18 Å². The molecule has 2 heterocycles. The number of rotatable bonds is 7. The number of hydrogen-bond acceptors (Lipinski definition) is 6. The highest BCUT2D eigenvalue weighted by Crippen LogP contribution is 2.29. The topological polar surface area (TPSA) is 100 Å². The Bertz CT molecular complexity index is 1450. The van der Waals surface area contributed by atoms with E-state index in [1.807, 2.05) is 6.07 Å². The largest absolute Gasteiger partial charge is 0.416 e. The molecule has 1 aromatic heterocycles. The molecular weight excluding hydrogens is 506 g/mol. The fourth-order valence-electron chi connectivity index (χ4n) is 4.19. The predicted molar refractivity (Wildman–Crippen MR) is 129 cm³/mol. The monoisotopic (exact) mass is 529 g/mol. The van der Waals surface area contributed by atoms with Gasteiger partial charge in [0.1, 0.15) is 12.9 Å². The first kappa shape index (κ1) is 26.7. The van der Waals surface area contributed by atoms with Crippen molar-refractivity contribution in [2.75, 3.05) is 25.5 Å². The van der Waals surface area contributed by atoms with Crippen LogP contribution in [0.25, 0.3) is 0 Å². The van der Waals surface area contributed by atoms with Crippen molar-refractivity contribution in [1.82, 2.24) is 14.6 Å². The van der Waals surface area contributed by atoms with E-state index in [9.17, 15) is 27.2 Å². The Morgan fingerprint density at radius 3 is 2.58 bits per heavy atom. The summed E-state index contributed by atoms with van der Waals surface area (Å²) in [6.45, 7) is 0.497. The van der Waals surface area contributed by atoms with Crippen molar-refractivity contribution in [3.05, 3.63) is 92.1 Å². The molecular formula is C26H23F4N5O3. The van der Waals surface area contributed by atoms with Gasteiger partial charge < -0.3 is 15.1 Å². The Morgan fingerprint density at radius 1 is 1.21 bits per heavy atom. The minimum Gasteiger partial charge on any atom is -0.411 e. The number of fused-ring (bicyclic) bond motifs is 1. The maximum Gasteiger partial charge on any atom is 0.416 e. The summed E-state index contributed by atoms with van der Waals surface area (Å²) in [7, 11) is 1.29. The van der Waals surface area contributed by atoms with Gasteiger partial charge in [-0.15, -0.1) is 4.73 Å². The Balaban J connectivity index is 1.43. The Morgan fingerprint density at radius 2 is 1.95 bits per heavy atom.